The maximum Gasteiger partial charge on any atom is 0.241 e. The van der Waals surface area contributed by atoms with E-state index in [0.29, 0.717) is 25.9 Å². The summed E-state index contributed by atoms with van der Waals surface area (Å²) in [6.45, 7) is 5.55. The van der Waals surface area contributed by atoms with E-state index in [2.05, 4.69) is 10.6 Å². The first-order valence-corrected chi connectivity index (χ1v) is 7.88. The average Bonchev–Trinajstić information content (AvgIpc) is 2.33. The second-order valence-electron chi connectivity index (χ2n) is 5.38. The fourth-order valence-electron chi connectivity index (χ4n) is 2.60. The highest BCUT2D eigenvalue weighted by Crippen LogP contribution is 2.27. The molecule has 0 aromatic carbocycles. The summed E-state index contributed by atoms with van der Waals surface area (Å²) in [5.74, 6) is -0.216. The van der Waals surface area contributed by atoms with Gasteiger partial charge in [-0.05, 0) is 39.8 Å². The van der Waals surface area contributed by atoms with Gasteiger partial charge in [0.05, 0.1) is 5.25 Å². The molecule has 0 radical (unpaired) electrons. The maximum absolute atomic E-state index is 12.6. The van der Waals surface area contributed by atoms with Gasteiger partial charge in [-0.2, -0.15) is 4.31 Å². The minimum atomic E-state index is -3.39. The van der Waals surface area contributed by atoms with Crippen molar-refractivity contribution in [2.24, 2.45) is 0 Å². The molecular formula is C11H21N3O3S. The quantitative estimate of drug-likeness (QED) is 0.697. The molecule has 2 N–H and O–H groups in total. The Labute approximate surface area is 108 Å². The van der Waals surface area contributed by atoms with Gasteiger partial charge in [-0.15, -0.1) is 0 Å². The lowest BCUT2D eigenvalue weighted by atomic mass is 10.0. The highest BCUT2D eigenvalue weighted by molar-refractivity contribution is 7.89. The molecule has 1 amide bonds. The van der Waals surface area contributed by atoms with Crippen molar-refractivity contribution in [1.29, 1.82) is 0 Å². The zero-order valence-corrected chi connectivity index (χ0v) is 11.7. The van der Waals surface area contributed by atoms with E-state index in [-0.39, 0.29) is 11.2 Å². The zero-order chi connectivity index (χ0) is 13.4. The number of carbonyl (C=O) groups excluding carboxylic acids is 1. The topological polar surface area (TPSA) is 78.5 Å². The minimum absolute atomic E-state index is 0.216. The number of carbonyl (C=O) groups is 1. The highest BCUT2D eigenvalue weighted by atomic mass is 32.2. The Morgan fingerprint density at radius 2 is 1.83 bits per heavy atom. The lowest BCUT2D eigenvalue weighted by Crippen LogP contribution is -2.64. The van der Waals surface area contributed by atoms with Crippen molar-refractivity contribution in [3.05, 3.63) is 0 Å². The van der Waals surface area contributed by atoms with Gasteiger partial charge >= 0.3 is 0 Å². The molecule has 18 heavy (non-hydrogen) atoms. The standard InChI is InChI=1S/C11H21N3O3S/c1-11(2)10(15)13-7-8-14(11)18(16,17)9-3-5-12-6-4-9/h9,12H,3-8H2,1-2H3,(H,13,15). The molecule has 0 saturated carbocycles. The Morgan fingerprint density at radius 1 is 1.22 bits per heavy atom. The van der Waals surface area contributed by atoms with Crippen LogP contribution in [0.5, 0.6) is 0 Å². The van der Waals surface area contributed by atoms with Crippen molar-refractivity contribution >= 4 is 15.9 Å². The summed E-state index contributed by atoms with van der Waals surface area (Å²) in [6.07, 6.45) is 1.24. The molecule has 0 aromatic rings. The van der Waals surface area contributed by atoms with Gasteiger partial charge in [0.2, 0.25) is 15.9 Å². The van der Waals surface area contributed by atoms with Crippen LogP contribution in [0.4, 0.5) is 0 Å². The molecule has 2 heterocycles. The fraction of sp³-hybridized carbons (Fsp3) is 0.909. The molecule has 2 fully saturated rings. The smallest absolute Gasteiger partial charge is 0.241 e. The van der Waals surface area contributed by atoms with Gasteiger partial charge < -0.3 is 10.6 Å². The number of nitrogens with one attached hydrogen (secondary N) is 2. The van der Waals surface area contributed by atoms with Gasteiger partial charge in [0.1, 0.15) is 5.54 Å². The van der Waals surface area contributed by atoms with Crippen LogP contribution >= 0.6 is 0 Å². The van der Waals surface area contributed by atoms with Crippen LogP contribution in [0.3, 0.4) is 0 Å². The Kier molecular flexibility index (Phi) is 3.66. The van der Waals surface area contributed by atoms with Gasteiger partial charge in [0.25, 0.3) is 0 Å². The van der Waals surface area contributed by atoms with Crippen molar-refractivity contribution in [2.45, 2.75) is 37.5 Å². The number of piperidine rings is 1. The lowest BCUT2D eigenvalue weighted by molar-refractivity contribution is -0.131. The highest BCUT2D eigenvalue weighted by Gasteiger charge is 2.46. The molecule has 2 saturated heterocycles. The number of hydrogen-bond donors (Lipinski definition) is 2. The molecule has 2 aliphatic rings. The van der Waals surface area contributed by atoms with Gasteiger partial charge in [0, 0.05) is 13.1 Å². The summed E-state index contributed by atoms with van der Waals surface area (Å²) in [4.78, 5) is 11.8. The molecule has 2 aliphatic heterocycles. The number of sulfonamides is 1. The van der Waals surface area contributed by atoms with Crippen molar-refractivity contribution in [3.63, 3.8) is 0 Å². The van der Waals surface area contributed by atoms with E-state index in [1.165, 1.54) is 4.31 Å². The molecule has 0 aliphatic carbocycles. The van der Waals surface area contributed by atoms with Gasteiger partial charge in [-0.3, -0.25) is 4.79 Å². The second-order valence-corrected chi connectivity index (χ2v) is 7.52. The number of hydrogen-bond acceptors (Lipinski definition) is 4. The van der Waals surface area contributed by atoms with E-state index in [1.807, 2.05) is 0 Å². The zero-order valence-electron chi connectivity index (χ0n) is 10.9. The predicted octanol–water partition coefficient (Wildman–Crippen LogP) is -0.721. The van der Waals surface area contributed by atoms with E-state index in [9.17, 15) is 13.2 Å². The molecular weight excluding hydrogens is 254 g/mol. The minimum Gasteiger partial charge on any atom is -0.353 e. The number of amides is 1. The van der Waals surface area contributed by atoms with E-state index in [1.54, 1.807) is 13.8 Å². The third-order valence-electron chi connectivity index (χ3n) is 3.79. The van der Waals surface area contributed by atoms with Gasteiger partial charge in [-0.25, -0.2) is 8.42 Å². The lowest BCUT2D eigenvalue weighted by Gasteiger charge is -2.42. The molecule has 104 valence electrons. The number of rotatable bonds is 2. The van der Waals surface area contributed by atoms with Crippen molar-refractivity contribution < 1.29 is 13.2 Å². The summed E-state index contributed by atoms with van der Waals surface area (Å²) in [5.41, 5.74) is -0.984. The normalized spacial score (nSPS) is 26.9. The summed E-state index contributed by atoms with van der Waals surface area (Å²) >= 11 is 0. The Bertz CT molecular complexity index is 427. The van der Waals surface area contributed by atoms with E-state index >= 15 is 0 Å². The molecule has 2 rings (SSSR count). The first kappa shape index (κ1) is 13.8. The SMILES string of the molecule is CC1(C)C(=O)NCCN1S(=O)(=O)C1CCNCC1. The van der Waals surface area contributed by atoms with Crippen molar-refractivity contribution in [3.8, 4) is 0 Å². The predicted molar refractivity (Wildman–Crippen MR) is 68.6 cm³/mol. The van der Waals surface area contributed by atoms with Crippen LogP contribution in [-0.2, 0) is 14.8 Å². The van der Waals surface area contributed by atoms with Crippen LogP contribution in [0, 0.1) is 0 Å². The van der Waals surface area contributed by atoms with E-state index < -0.39 is 15.6 Å². The second kappa shape index (κ2) is 4.79. The fourth-order valence-corrected chi connectivity index (χ4v) is 4.85. The number of nitrogens with zero attached hydrogens (tertiary/aromatic N) is 1. The first-order valence-electron chi connectivity index (χ1n) is 6.37. The largest absolute Gasteiger partial charge is 0.353 e. The van der Waals surface area contributed by atoms with Crippen LogP contribution in [-0.4, -0.2) is 55.6 Å². The summed E-state index contributed by atoms with van der Waals surface area (Å²) in [7, 11) is -3.39. The van der Waals surface area contributed by atoms with E-state index in [4.69, 9.17) is 0 Å². The molecule has 7 heteroatoms. The first-order chi connectivity index (χ1) is 8.37. The van der Waals surface area contributed by atoms with E-state index in [0.717, 1.165) is 13.1 Å². The molecule has 0 spiro atoms. The summed E-state index contributed by atoms with van der Waals surface area (Å²) < 4.78 is 26.6. The molecule has 0 bridgehead atoms. The van der Waals surface area contributed by atoms with Crippen LogP contribution in [0.2, 0.25) is 0 Å². The van der Waals surface area contributed by atoms with Crippen LogP contribution in [0.15, 0.2) is 0 Å². The third-order valence-corrected chi connectivity index (χ3v) is 6.36. The summed E-state index contributed by atoms with van der Waals surface area (Å²) in [5, 5.41) is 5.52. The molecule has 0 aromatic heterocycles. The Morgan fingerprint density at radius 3 is 2.44 bits per heavy atom. The molecule has 0 atom stereocenters. The average molecular weight is 275 g/mol. The van der Waals surface area contributed by atoms with Crippen molar-refractivity contribution in [2.75, 3.05) is 26.2 Å². The van der Waals surface area contributed by atoms with Gasteiger partial charge in [-0.1, -0.05) is 0 Å². The van der Waals surface area contributed by atoms with Crippen LogP contribution in [0.25, 0.3) is 0 Å². The van der Waals surface area contributed by atoms with Crippen LogP contribution in [0.1, 0.15) is 26.7 Å². The monoisotopic (exact) mass is 275 g/mol. The third kappa shape index (κ3) is 2.26. The Balaban J connectivity index is 2.25. The van der Waals surface area contributed by atoms with Crippen molar-refractivity contribution in [1.82, 2.24) is 14.9 Å². The van der Waals surface area contributed by atoms with Crippen LogP contribution < -0.4 is 10.6 Å². The number of piperazine rings is 1. The molecule has 0 unspecified atom stereocenters. The Hall–Kier alpha value is -0.660. The van der Waals surface area contributed by atoms with Gasteiger partial charge in [0.15, 0.2) is 0 Å². The summed E-state index contributed by atoms with van der Waals surface area (Å²) in [6, 6.07) is 0. The maximum atomic E-state index is 12.6. The molecule has 6 nitrogen and oxygen atoms in total.